The first kappa shape index (κ1) is 18.4. The Morgan fingerprint density at radius 3 is 2.48 bits per heavy atom. The maximum absolute atomic E-state index is 12.9. The lowest BCUT2D eigenvalue weighted by Gasteiger charge is -2.16. The molecule has 2 N–H and O–H groups in total. The Kier molecular flexibility index (Phi) is 6.11. The maximum Gasteiger partial charge on any atom is 0.337 e. The highest BCUT2D eigenvalue weighted by Gasteiger charge is 2.11. The van der Waals surface area contributed by atoms with Crippen LogP contribution in [0.3, 0.4) is 0 Å². The third-order valence-corrected chi connectivity index (χ3v) is 3.85. The monoisotopic (exact) mass is 344 g/mol. The van der Waals surface area contributed by atoms with E-state index in [0.717, 1.165) is 11.1 Å². The first-order valence-corrected chi connectivity index (χ1v) is 7.88. The molecule has 0 fully saturated rings. The second kappa shape index (κ2) is 8.28. The fraction of sp³-hybridized carbons (Fsp3) is 0.263. The molecule has 0 aromatic heterocycles. The summed E-state index contributed by atoms with van der Waals surface area (Å²) in [6.07, 6.45) is 0. The lowest BCUT2D eigenvalue weighted by Crippen LogP contribution is -2.32. The van der Waals surface area contributed by atoms with E-state index in [2.05, 4.69) is 10.6 Å². The van der Waals surface area contributed by atoms with Crippen molar-refractivity contribution in [1.82, 2.24) is 5.32 Å². The van der Waals surface area contributed by atoms with Crippen LogP contribution in [0.15, 0.2) is 42.5 Å². The van der Waals surface area contributed by atoms with Crippen molar-refractivity contribution in [2.24, 2.45) is 0 Å². The molecule has 0 aliphatic heterocycles. The van der Waals surface area contributed by atoms with Gasteiger partial charge in [0.25, 0.3) is 0 Å². The number of carbonyl (C=O) groups is 2. The highest BCUT2D eigenvalue weighted by molar-refractivity contribution is 5.91. The fourth-order valence-corrected chi connectivity index (χ4v) is 2.36. The average molecular weight is 344 g/mol. The van der Waals surface area contributed by atoms with Gasteiger partial charge in [0.1, 0.15) is 5.82 Å². The molecule has 2 aromatic rings. The highest BCUT2D eigenvalue weighted by Crippen LogP contribution is 2.17. The summed E-state index contributed by atoms with van der Waals surface area (Å²) >= 11 is 0. The van der Waals surface area contributed by atoms with Gasteiger partial charge in [0, 0.05) is 5.69 Å². The smallest absolute Gasteiger partial charge is 0.337 e. The molecule has 1 amide bonds. The molecule has 0 heterocycles. The quantitative estimate of drug-likeness (QED) is 0.790. The van der Waals surface area contributed by atoms with Crippen LogP contribution in [0.5, 0.6) is 0 Å². The first-order valence-electron chi connectivity index (χ1n) is 7.88. The van der Waals surface area contributed by atoms with E-state index >= 15 is 0 Å². The number of carbonyl (C=O) groups excluding carboxylic acids is 2. The molecule has 0 radical (unpaired) electrons. The zero-order valence-electron chi connectivity index (χ0n) is 14.4. The van der Waals surface area contributed by atoms with Gasteiger partial charge in [-0.15, -0.1) is 0 Å². The molecule has 0 aliphatic carbocycles. The second-order valence-electron chi connectivity index (χ2n) is 5.72. The third-order valence-electron chi connectivity index (χ3n) is 3.85. The first-order chi connectivity index (χ1) is 11.9. The number of rotatable bonds is 6. The molecule has 132 valence electrons. The maximum atomic E-state index is 12.9. The molecule has 25 heavy (non-hydrogen) atoms. The molecule has 2 aromatic carbocycles. The van der Waals surface area contributed by atoms with Crippen LogP contribution >= 0.6 is 0 Å². The van der Waals surface area contributed by atoms with Gasteiger partial charge in [-0.3, -0.25) is 4.79 Å². The van der Waals surface area contributed by atoms with Crippen LogP contribution in [0.1, 0.15) is 34.5 Å². The number of anilines is 1. The lowest BCUT2D eigenvalue weighted by atomic mass is 10.1. The summed E-state index contributed by atoms with van der Waals surface area (Å²) in [7, 11) is 1.32. The molecule has 0 saturated heterocycles. The van der Waals surface area contributed by atoms with Crippen LogP contribution in [-0.2, 0) is 9.53 Å². The fourth-order valence-electron chi connectivity index (χ4n) is 2.36. The van der Waals surface area contributed by atoms with Crippen molar-refractivity contribution in [3.8, 4) is 0 Å². The van der Waals surface area contributed by atoms with Crippen molar-refractivity contribution in [1.29, 1.82) is 0 Å². The Morgan fingerprint density at radius 2 is 1.84 bits per heavy atom. The molecule has 6 heteroatoms. The Labute approximate surface area is 146 Å². The number of methoxy groups -OCH3 is 1. The van der Waals surface area contributed by atoms with E-state index in [4.69, 9.17) is 4.74 Å². The predicted molar refractivity (Wildman–Crippen MR) is 94.0 cm³/mol. The normalized spacial score (nSPS) is 11.5. The number of hydrogen-bond acceptors (Lipinski definition) is 4. The van der Waals surface area contributed by atoms with Crippen molar-refractivity contribution in [2.75, 3.05) is 19.0 Å². The van der Waals surface area contributed by atoms with Crippen LogP contribution < -0.4 is 10.6 Å². The van der Waals surface area contributed by atoms with Crippen molar-refractivity contribution in [2.45, 2.75) is 19.9 Å². The van der Waals surface area contributed by atoms with E-state index in [9.17, 15) is 14.0 Å². The molecule has 1 atom stereocenters. The minimum Gasteiger partial charge on any atom is -0.465 e. The number of hydrogen-bond donors (Lipinski definition) is 2. The Bertz CT molecular complexity index is 760. The molecular weight excluding hydrogens is 323 g/mol. The zero-order chi connectivity index (χ0) is 18.4. The van der Waals surface area contributed by atoms with Gasteiger partial charge in [-0.25, -0.2) is 9.18 Å². The number of amides is 1. The summed E-state index contributed by atoms with van der Waals surface area (Å²) in [5.41, 5.74) is 2.83. The Hall–Kier alpha value is -2.89. The summed E-state index contributed by atoms with van der Waals surface area (Å²) in [4.78, 5) is 23.7. The van der Waals surface area contributed by atoms with Crippen molar-refractivity contribution in [3.63, 3.8) is 0 Å². The minimum absolute atomic E-state index is 0.0526. The van der Waals surface area contributed by atoms with Crippen LogP contribution in [0, 0.1) is 12.7 Å². The van der Waals surface area contributed by atoms with E-state index in [0.29, 0.717) is 11.3 Å². The molecule has 0 aliphatic rings. The highest BCUT2D eigenvalue weighted by atomic mass is 19.1. The summed E-state index contributed by atoms with van der Waals surface area (Å²) in [6, 6.07) is 10.9. The minimum atomic E-state index is -0.433. The van der Waals surface area contributed by atoms with Gasteiger partial charge >= 0.3 is 5.97 Å². The van der Waals surface area contributed by atoms with Gasteiger partial charge in [-0.2, -0.15) is 0 Å². The van der Waals surface area contributed by atoms with Crippen LogP contribution in [-0.4, -0.2) is 25.5 Å². The number of aryl methyl sites for hydroxylation is 1. The Balaban J connectivity index is 1.95. The van der Waals surface area contributed by atoms with Crippen molar-refractivity contribution < 1.29 is 18.7 Å². The summed E-state index contributed by atoms with van der Waals surface area (Å²) in [5, 5.41) is 5.86. The summed E-state index contributed by atoms with van der Waals surface area (Å²) in [5.74, 6) is -0.956. The largest absolute Gasteiger partial charge is 0.465 e. The van der Waals surface area contributed by atoms with Crippen LogP contribution in [0.25, 0.3) is 0 Å². The SMILES string of the molecule is COC(=O)c1ccc(C)c(NCC(=O)N[C@@H](C)c2ccc(F)cc2)c1. The molecule has 0 unspecified atom stereocenters. The third kappa shape index (κ3) is 5.04. The summed E-state index contributed by atoms with van der Waals surface area (Å²) < 4.78 is 17.6. The second-order valence-corrected chi connectivity index (χ2v) is 5.72. The van der Waals surface area contributed by atoms with Gasteiger partial charge in [-0.1, -0.05) is 18.2 Å². The average Bonchev–Trinajstić information content (AvgIpc) is 2.60. The zero-order valence-corrected chi connectivity index (χ0v) is 14.4. The standard InChI is InChI=1S/C19H21FN2O3/c1-12-4-5-15(19(24)25-3)10-17(12)21-11-18(23)22-13(2)14-6-8-16(20)9-7-14/h4-10,13,21H,11H2,1-3H3,(H,22,23)/t13-/m0/s1. The molecule has 5 nitrogen and oxygen atoms in total. The van der Waals surface area contributed by atoms with E-state index in [-0.39, 0.29) is 24.3 Å². The molecule has 0 saturated carbocycles. The lowest BCUT2D eigenvalue weighted by molar-refractivity contribution is -0.120. The Morgan fingerprint density at radius 1 is 1.16 bits per heavy atom. The molecule has 0 spiro atoms. The van der Waals surface area contributed by atoms with Gasteiger partial charge in [-0.05, 0) is 49.2 Å². The number of ether oxygens (including phenoxy) is 1. The van der Waals surface area contributed by atoms with Gasteiger partial charge in [0.15, 0.2) is 0 Å². The summed E-state index contributed by atoms with van der Waals surface area (Å²) in [6.45, 7) is 3.76. The number of halogens is 1. The topological polar surface area (TPSA) is 67.4 Å². The van der Waals surface area contributed by atoms with Crippen LogP contribution in [0.4, 0.5) is 10.1 Å². The van der Waals surface area contributed by atoms with Crippen molar-refractivity contribution in [3.05, 3.63) is 65.0 Å². The van der Waals surface area contributed by atoms with Gasteiger partial charge in [0.05, 0.1) is 25.3 Å². The van der Waals surface area contributed by atoms with E-state index in [1.165, 1.54) is 19.2 Å². The van der Waals surface area contributed by atoms with Crippen molar-refractivity contribution >= 4 is 17.6 Å². The predicted octanol–water partition coefficient (Wildman–Crippen LogP) is 3.21. The van der Waals surface area contributed by atoms with E-state index in [1.807, 2.05) is 13.8 Å². The van der Waals surface area contributed by atoms with E-state index in [1.54, 1.807) is 30.3 Å². The molecular formula is C19H21FN2O3. The molecule has 0 bridgehead atoms. The molecule has 2 rings (SSSR count). The van der Waals surface area contributed by atoms with Gasteiger partial charge in [0.2, 0.25) is 5.91 Å². The number of nitrogens with one attached hydrogen (secondary N) is 2. The van der Waals surface area contributed by atoms with Crippen LogP contribution in [0.2, 0.25) is 0 Å². The van der Waals surface area contributed by atoms with Gasteiger partial charge < -0.3 is 15.4 Å². The number of benzene rings is 2. The van der Waals surface area contributed by atoms with E-state index < -0.39 is 5.97 Å². The number of esters is 1.